The smallest absolute Gasteiger partial charge is 0.321 e. The lowest BCUT2D eigenvalue weighted by Gasteiger charge is -2.32. The van der Waals surface area contributed by atoms with Gasteiger partial charge in [-0.2, -0.15) is 5.10 Å². The van der Waals surface area contributed by atoms with E-state index in [0.29, 0.717) is 62.3 Å². The molecule has 9 nitrogen and oxygen atoms in total. The van der Waals surface area contributed by atoms with Gasteiger partial charge in [0.05, 0.1) is 43.3 Å². The predicted molar refractivity (Wildman–Crippen MR) is 127 cm³/mol. The molecule has 0 radical (unpaired) electrons. The van der Waals surface area contributed by atoms with Gasteiger partial charge < -0.3 is 24.6 Å². The van der Waals surface area contributed by atoms with Gasteiger partial charge in [0.1, 0.15) is 5.75 Å². The van der Waals surface area contributed by atoms with E-state index in [1.54, 1.807) is 17.8 Å². The molecule has 2 aromatic heterocycles. The highest BCUT2D eigenvalue weighted by Gasteiger charge is 2.26. The summed E-state index contributed by atoms with van der Waals surface area (Å²) in [5.41, 5.74) is 3.29. The van der Waals surface area contributed by atoms with Crippen molar-refractivity contribution in [1.29, 1.82) is 0 Å². The van der Waals surface area contributed by atoms with Crippen LogP contribution in [-0.2, 0) is 4.74 Å². The van der Waals surface area contributed by atoms with Crippen molar-refractivity contribution in [2.24, 2.45) is 0 Å². The summed E-state index contributed by atoms with van der Waals surface area (Å²) in [6.07, 6.45) is 5.29. The van der Waals surface area contributed by atoms with Crippen LogP contribution in [0.1, 0.15) is 34.7 Å². The number of likely N-dealkylation sites (tertiary alicyclic amines) is 1. The van der Waals surface area contributed by atoms with Crippen molar-refractivity contribution in [3.8, 4) is 5.75 Å². The Morgan fingerprint density at radius 3 is 2.59 bits per heavy atom. The Labute approximate surface area is 198 Å². The van der Waals surface area contributed by atoms with Crippen LogP contribution in [0.2, 0.25) is 0 Å². The van der Waals surface area contributed by atoms with Gasteiger partial charge in [-0.25, -0.2) is 9.31 Å². The van der Waals surface area contributed by atoms with Crippen molar-refractivity contribution < 1.29 is 19.1 Å². The number of ether oxygens (including phenoxy) is 2. The van der Waals surface area contributed by atoms with Crippen molar-refractivity contribution >= 4 is 23.1 Å². The quantitative estimate of drug-likeness (QED) is 0.642. The lowest BCUT2D eigenvalue weighted by Crippen LogP contribution is -2.40. The Morgan fingerprint density at radius 1 is 1.06 bits per heavy atom. The second kappa shape index (κ2) is 9.72. The number of carbonyl (C=O) groups excluding carboxylic acids is 2. The van der Waals surface area contributed by atoms with Crippen LogP contribution in [0.3, 0.4) is 0 Å². The number of carbonyl (C=O) groups is 2. The Hall–Kier alpha value is -3.59. The summed E-state index contributed by atoms with van der Waals surface area (Å²) in [6, 6.07) is 11.4. The third-order valence-corrected chi connectivity index (χ3v) is 6.68. The van der Waals surface area contributed by atoms with E-state index in [-0.39, 0.29) is 11.9 Å². The summed E-state index contributed by atoms with van der Waals surface area (Å²) >= 11 is 0. The number of urea groups is 1. The minimum atomic E-state index is -0.118. The van der Waals surface area contributed by atoms with Crippen molar-refractivity contribution in [1.82, 2.24) is 19.4 Å². The van der Waals surface area contributed by atoms with Crippen LogP contribution < -0.4 is 10.1 Å². The summed E-state index contributed by atoms with van der Waals surface area (Å²) in [6.45, 7) is 3.67. The van der Waals surface area contributed by atoms with Crippen LogP contribution in [0.5, 0.6) is 5.75 Å². The number of nitrogens with zero attached hydrogens (tertiary/aromatic N) is 4. The lowest BCUT2D eigenvalue weighted by molar-refractivity contribution is 0.0304. The monoisotopic (exact) mass is 463 g/mol. The molecule has 2 saturated heterocycles. The molecule has 0 saturated carbocycles. The largest absolute Gasteiger partial charge is 0.495 e. The number of rotatable bonds is 4. The topological polar surface area (TPSA) is 88.4 Å². The maximum absolute atomic E-state index is 13.0. The zero-order valence-electron chi connectivity index (χ0n) is 19.3. The minimum Gasteiger partial charge on any atom is -0.495 e. The highest BCUT2D eigenvalue weighted by Crippen LogP contribution is 2.30. The van der Waals surface area contributed by atoms with Gasteiger partial charge in [-0.3, -0.25) is 4.79 Å². The van der Waals surface area contributed by atoms with E-state index in [9.17, 15) is 9.59 Å². The van der Waals surface area contributed by atoms with Gasteiger partial charge >= 0.3 is 6.03 Å². The van der Waals surface area contributed by atoms with Crippen LogP contribution in [-0.4, -0.2) is 77.9 Å². The third kappa shape index (κ3) is 4.43. The third-order valence-electron chi connectivity index (χ3n) is 6.68. The van der Waals surface area contributed by atoms with Gasteiger partial charge in [0.15, 0.2) is 0 Å². The van der Waals surface area contributed by atoms with E-state index in [2.05, 4.69) is 22.5 Å². The molecule has 0 atom stereocenters. The van der Waals surface area contributed by atoms with Crippen molar-refractivity contribution in [3.05, 3.63) is 59.9 Å². The summed E-state index contributed by atoms with van der Waals surface area (Å²) in [4.78, 5) is 29.5. The molecule has 4 heterocycles. The molecule has 5 rings (SSSR count). The molecule has 0 unspecified atom stereocenters. The first-order valence-electron chi connectivity index (χ1n) is 11.7. The van der Waals surface area contributed by atoms with Gasteiger partial charge in [0.25, 0.3) is 5.91 Å². The van der Waals surface area contributed by atoms with Gasteiger partial charge in [0.2, 0.25) is 0 Å². The number of anilines is 1. The Bertz CT molecular complexity index is 1180. The Kier molecular flexibility index (Phi) is 6.35. The first-order chi connectivity index (χ1) is 16.6. The molecule has 0 bridgehead atoms. The van der Waals surface area contributed by atoms with Gasteiger partial charge in [-0.15, -0.1) is 0 Å². The number of pyridine rings is 1. The maximum atomic E-state index is 13.0. The number of piperidine rings is 1. The van der Waals surface area contributed by atoms with Crippen molar-refractivity contribution in [2.45, 2.75) is 18.8 Å². The van der Waals surface area contributed by atoms with Crippen LogP contribution in [0, 0.1) is 0 Å². The number of morpholine rings is 1. The number of aromatic nitrogens is 2. The van der Waals surface area contributed by atoms with Crippen LogP contribution in [0.15, 0.2) is 48.8 Å². The SMILES string of the molecule is COc1ccccc1NC(=O)N1CCC(c2ccn3ncc(C(=O)N4CCOCC4)c3c2)CC1. The molecule has 2 fully saturated rings. The molecule has 178 valence electrons. The van der Waals surface area contributed by atoms with Crippen LogP contribution in [0.4, 0.5) is 10.5 Å². The number of para-hydroxylation sites is 2. The number of nitrogens with one attached hydrogen (secondary N) is 1. The summed E-state index contributed by atoms with van der Waals surface area (Å²) in [5, 5.41) is 7.33. The summed E-state index contributed by atoms with van der Waals surface area (Å²) in [7, 11) is 1.59. The maximum Gasteiger partial charge on any atom is 0.321 e. The molecule has 3 aromatic rings. The Balaban J connectivity index is 1.25. The fourth-order valence-corrected chi connectivity index (χ4v) is 4.71. The predicted octanol–water partition coefficient (Wildman–Crippen LogP) is 3.23. The second-order valence-corrected chi connectivity index (χ2v) is 8.64. The summed E-state index contributed by atoms with van der Waals surface area (Å²) < 4.78 is 12.5. The van der Waals surface area contributed by atoms with Crippen LogP contribution >= 0.6 is 0 Å². The average molecular weight is 464 g/mol. The lowest BCUT2D eigenvalue weighted by atomic mass is 9.89. The number of fused-ring (bicyclic) bond motifs is 1. The molecule has 1 aromatic carbocycles. The zero-order valence-corrected chi connectivity index (χ0v) is 19.3. The van der Waals surface area contributed by atoms with E-state index in [1.165, 1.54) is 5.56 Å². The fraction of sp³-hybridized carbons (Fsp3) is 0.400. The Morgan fingerprint density at radius 2 is 1.82 bits per heavy atom. The van der Waals surface area contributed by atoms with E-state index in [0.717, 1.165) is 18.4 Å². The molecule has 0 aliphatic carbocycles. The second-order valence-electron chi connectivity index (χ2n) is 8.64. The number of hydrogen-bond donors (Lipinski definition) is 1. The highest BCUT2D eigenvalue weighted by atomic mass is 16.5. The highest BCUT2D eigenvalue weighted by molar-refractivity contribution is 6.00. The molecular formula is C25H29N5O4. The first kappa shape index (κ1) is 22.2. The molecule has 2 aliphatic heterocycles. The van der Waals surface area contributed by atoms with E-state index in [1.807, 2.05) is 40.3 Å². The van der Waals surface area contributed by atoms with Crippen molar-refractivity contribution in [3.63, 3.8) is 0 Å². The van der Waals surface area contributed by atoms with Gasteiger partial charge in [0, 0.05) is 32.4 Å². The number of methoxy groups -OCH3 is 1. The van der Waals surface area contributed by atoms with Crippen molar-refractivity contribution in [2.75, 3.05) is 51.8 Å². The normalized spacial score (nSPS) is 17.1. The van der Waals surface area contributed by atoms with E-state index in [4.69, 9.17) is 9.47 Å². The molecule has 3 amide bonds. The molecular weight excluding hydrogens is 434 g/mol. The standard InChI is InChI=1S/C25H29N5O4/c1-33-23-5-3-2-4-21(23)27-25(32)29-9-6-18(7-10-29)19-8-11-30-22(16-19)20(17-26-30)24(31)28-12-14-34-15-13-28/h2-5,8,11,16-18H,6-7,9-10,12-15H2,1H3,(H,27,32). The molecule has 1 N–H and O–H groups in total. The number of benzene rings is 1. The first-order valence-corrected chi connectivity index (χ1v) is 11.7. The minimum absolute atomic E-state index is 0.00159. The molecule has 0 spiro atoms. The number of hydrogen-bond acceptors (Lipinski definition) is 5. The average Bonchev–Trinajstić information content (AvgIpc) is 3.32. The van der Waals surface area contributed by atoms with Gasteiger partial charge in [-0.05, 0) is 48.6 Å². The fourth-order valence-electron chi connectivity index (χ4n) is 4.71. The van der Waals surface area contributed by atoms with E-state index < -0.39 is 0 Å². The number of amides is 3. The van der Waals surface area contributed by atoms with Crippen LogP contribution in [0.25, 0.3) is 5.52 Å². The molecule has 2 aliphatic rings. The zero-order chi connectivity index (χ0) is 23.5. The summed E-state index contributed by atoms with van der Waals surface area (Å²) in [5.74, 6) is 0.960. The van der Waals surface area contributed by atoms with E-state index >= 15 is 0 Å². The molecule has 34 heavy (non-hydrogen) atoms. The van der Waals surface area contributed by atoms with Gasteiger partial charge in [-0.1, -0.05) is 12.1 Å². The molecule has 9 heteroatoms.